The lowest BCUT2D eigenvalue weighted by Crippen LogP contribution is -2.48. The van der Waals surface area contributed by atoms with Gasteiger partial charge in [0.05, 0.1) is 20.3 Å². The van der Waals surface area contributed by atoms with E-state index in [9.17, 15) is 14.2 Å². The van der Waals surface area contributed by atoms with Crippen LogP contribution >= 0.6 is 7.60 Å². The molecule has 1 saturated heterocycles. The molecule has 1 aliphatic heterocycles. The molecule has 0 N–H and O–H groups in total. The second kappa shape index (κ2) is 9.31. The van der Waals surface area contributed by atoms with E-state index in [-0.39, 0.29) is 32.0 Å². The Labute approximate surface area is 154 Å². The maximum absolute atomic E-state index is 13.2. The van der Waals surface area contributed by atoms with Gasteiger partial charge in [-0.3, -0.25) is 9.36 Å². The van der Waals surface area contributed by atoms with Gasteiger partial charge in [-0.2, -0.15) is 0 Å². The zero-order valence-electron chi connectivity index (χ0n) is 15.4. The van der Waals surface area contributed by atoms with Gasteiger partial charge in [0, 0.05) is 12.8 Å². The molecule has 1 fully saturated rings. The van der Waals surface area contributed by atoms with Crippen LogP contribution < -0.4 is 0 Å². The topological polar surface area (TPSA) is 82.1 Å². The maximum Gasteiger partial charge on any atom is 0.352 e. The fourth-order valence-corrected chi connectivity index (χ4v) is 5.40. The lowest BCUT2D eigenvalue weighted by atomic mass is 10.0. The number of hydrogen-bond acceptors (Lipinski definition) is 6. The number of ether oxygens (including phenoxy) is 1. The summed E-state index contributed by atoms with van der Waals surface area (Å²) in [6, 6.07) is 8.46. The molecule has 7 nitrogen and oxygen atoms in total. The van der Waals surface area contributed by atoms with E-state index in [1.165, 1.54) is 12.0 Å². The number of carbonyl (C=O) groups is 2. The molecule has 1 aliphatic rings. The van der Waals surface area contributed by atoms with Gasteiger partial charge in [0.15, 0.2) is 0 Å². The Morgan fingerprint density at radius 2 is 1.85 bits per heavy atom. The number of hydrogen-bond donors (Lipinski definition) is 0. The number of methoxy groups -OCH3 is 1. The average Bonchev–Trinajstić information content (AvgIpc) is 3.02. The van der Waals surface area contributed by atoms with Crippen molar-refractivity contribution in [3.05, 3.63) is 35.9 Å². The standard InChI is InChI=1S/C18H26NO6P/c1-4-24-26(22,25-5-2)17-12-11-16(20)19(17)15(18(21)23-3)13-14-9-7-6-8-10-14/h6-10,15,17H,4-5,11-13H2,1-3H3/t15-,17?/m0/s1. The Hall–Kier alpha value is -1.69. The zero-order valence-corrected chi connectivity index (χ0v) is 16.3. The molecule has 2 atom stereocenters. The van der Waals surface area contributed by atoms with E-state index in [4.69, 9.17) is 13.8 Å². The van der Waals surface area contributed by atoms with E-state index in [0.717, 1.165) is 5.56 Å². The highest BCUT2D eigenvalue weighted by molar-refractivity contribution is 7.54. The van der Waals surface area contributed by atoms with Crippen molar-refractivity contribution in [1.82, 2.24) is 4.90 Å². The minimum absolute atomic E-state index is 0.192. The molecule has 1 aromatic rings. The molecule has 0 aromatic heterocycles. The zero-order chi connectivity index (χ0) is 19.2. The summed E-state index contributed by atoms with van der Waals surface area (Å²) in [4.78, 5) is 26.4. The highest BCUT2D eigenvalue weighted by Crippen LogP contribution is 2.58. The van der Waals surface area contributed by atoms with Crippen molar-refractivity contribution in [3.8, 4) is 0 Å². The van der Waals surface area contributed by atoms with E-state index < -0.39 is 25.4 Å². The third-order valence-corrected chi connectivity index (χ3v) is 6.76. The van der Waals surface area contributed by atoms with Crippen LogP contribution in [0.4, 0.5) is 0 Å². The molecule has 26 heavy (non-hydrogen) atoms. The lowest BCUT2D eigenvalue weighted by molar-refractivity contribution is -0.151. The van der Waals surface area contributed by atoms with Crippen LogP contribution in [0, 0.1) is 0 Å². The Balaban J connectivity index is 2.37. The highest BCUT2D eigenvalue weighted by atomic mass is 31.2. The molecule has 1 aromatic carbocycles. The summed E-state index contributed by atoms with van der Waals surface area (Å²) in [7, 11) is -2.29. The quantitative estimate of drug-likeness (QED) is 0.482. The van der Waals surface area contributed by atoms with Crippen LogP contribution in [0.5, 0.6) is 0 Å². The summed E-state index contributed by atoms with van der Waals surface area (Å²) >= 11 is 0. The number of carbonyl (C=O) groups excluding carboxylic acids is 2. The molecule has 144 valence electrons. The van der Waals surface area contributed by atoms with Crippen molar-refractivity contribution in [2.24, 2.45) is 0 Å². The SMILES string of the molecule is CCOP(=O)(OCC)C1CCC(=O)N1[C@@H](Cc1ccccc1)C(=O)OC. The molecule has 0 radical (unpaired) electrons. The molecule has 1 amide bonds. The van der Waals surface area contributed by atoms with Crippen molar-refractivity contribution < 1.29 is 27.9 Å². The highest BCUT2D eigenvalue weighted by Gasteiger charge is 2.50. The van der Waals surface area contributed by atoms with Gasteiger partial charge >= 0.3 is 13.6 Å². The van der Waals surface area contributed by atoms with E-state index in [2.05, 4.69) is 0 Å². The van der Waals surface area contributed by atoms with Crippen LogP contribution in [-0.2, 0) is 34.4 Å². The predicted octanol–water partition coefficient (Wildman–Crippen LogP) is 2.99. The summed E-state index contributed by atoms with van der Waals surface area (Å²) in [5.74, 6) is -1.59. The summed E-state index contributed by atoms with van der Waals surface area (Å²) in [5, 5.41) is 0. The van der Waals surface area contributed by atoms with Crippen molar-refractivity contribution in [1.29, 1.82) is 0 Å². The number of likely N-dealkylation sites (tertiary alicyclic amines) is 1. The minimum Gasteiger partial charge on any atom is -0.467 e. The largest absolute Gasteiger partial charge is 0.467 e. The van der Waals surface area contributed by atoms with E-state index >= 15 is 0 Å². The van der Waals surface area contributed by atoms with Gasteiger partial charge in [-0.15, -0.1) is 0 Å². The Morgan fingerprint density at radius 1 is 1.23 bits per heavy atom. The molecule has 8 heteroatoms. The Bertz CT molecular complexity index is 655. The molecule has 2 rings (SSSR count). The van der Waals surface area contributed by atoms with Gasteiger partial charge in [0.25, 0.3) is 0 Å². The minimum atomic E-state index is -3.57. The molecular weight excluding hydrogens is 357 g/mol. The third kappa shape index (κ3) is 4.53. The maximum atomic E-state index is 13.2. The second-order valence-electron chi connectivity index (χ2n) is 5.92. The van der Waals surface area contributed by atoms with Crippen molar-refractivity contribution >= 4 is 19.5 Å². The van der Waals surface area contributed by atoms with E-state index in [1.807, 2.05) is 30.3 Å². The molecule has 0 aliphatic carbocycles. The van der Waals surface area contributed by atoms with E-state index in [0.29, 0.717) is 6.42 Å². The molecule has 0 bridgehead atoms. The smallest absolute Gasteiger partial charge is 0.352 e. The monoisotopic (exact) mass is 383 g/mol. The molecular formula is C18H26NO6P. The van der Waals surface area contributed by atoms with Crippen LogP contribution in [0.2, 0.25) is 0 Å². The third-order valence-electron chi connectivity index (χ3n) is 4.29. The Morgan fingerprint density at radius 3 is 2.38 bits per heavy atom. The Kier molecular flexibility index (Phi) is 7.38. The van der Waals surface area contributed by atoms with Crippen LogP contribution in [0.3, 0.4) is 0 Å². The number of nitrogens with zero attached hydrogens (tertiary/aromatic N) is 1. The molecule has 0 saturated carbocycles. The van der Waals surface area contributed by atoms with Crippen LogP contribution in [0.15, 0.2) is 30.3 Å². The van der Waals surface area contributed by atoms with Crippen LogP contribution in [-0.4, -0.2) is 48.9 Å². The number of esters is 1. The fourth-order valence-electron chi connectivity index (χ4n) is 3.22. The fraction of sp³-hybridized carbons (Fsp3) is 0.556. The first kappa shape index (κ1) is 20.6. The van der Waals surface area contributed by atoms with Gasteiger partial charge in [-0.25, -0.2) is 4.79 Å². The van der Waals surface area contributed by atoms with Crippen molar-refractivity contribution in [2.45, 2.75) is 44.9 Å². The number of amides is 1. The summed E-state index contributed by atoms with van der Waals surface area (Å²) < 4.78 is 29.0. The first-order chi connectivity index (χ1) is 12.5. The second-order valence-corrected chi connectivity index (χ2v) is 8.12. The molecule has 1 heterocycles. The van der Waals surface area contributed by atoms with Gasteiger partial charge < -0.3 is 18.7 Å². The predicted molar refractivity (Wildman–Crippen MR) is 96.7 cm³/mol. The first-order valence-electron chi connectivity index (χ1n) is 8.78. The van der Waals surface area contributed by atoms with Crippen molar-refractivity contribution in [2.75, 3.05) is 20.3 Å². The van der Waals surface area contributed by atoms with Gasteiger partial charge in [0.2, 0.25) is 5.91 Å². The normalized spacial score (nSPS) is 18.8. The number of rotatable bonds is 9. The lowest BCUT2D eigenvalue weighted by Gasteiger charge is -2.34. The van der Waals surface area contributed by atoms with Gasteiger partial charge in [0.1, 0.15) is 11.8 Å². The summed E-state index contributed by atoms with van der Waals surface area (Å²) in [6.07, 6.45) is 0.781. The first-order valence-corrected chi connectivity index (χ1v) is 10.4. The van der Waals surface area contributed by atoms with Crippen LogP contribution in [0.1, 0.15) is 32.3 Å². The summed E-state index contributed by atoms with van der Waals surface area (Å²) in [6.45, 7) is 3.82. The van der Waals surface area contributed by atoms with Gasteiger partial charge in [-0.05, 0) is 25.8 Å². The average molecular weight is 383 g/mol. The van der Waals surface area contributed by atoms with Crippen molar-refractivity contribution in [3.63, 3.8) is 0 Å². The number of benzene rings is 1. The van der Waals surface area contributed by atoms with Gasteiger partial charge in [-0.1, -0.05) is 30.3 Å². The van der Waals surface area contributed by atoms with Crippen LogP contribution in [0.25, 0.3) is 0 Å². The summed E-state index contributed by atoms with van der Waals surface area (Å²) in [5.41, 5.74) is 0.879. The molecule has 0 spiro atoms. The molecule has 1 unspecified atom stereocenters. The van der Waals surface area contributed by atoms with E-state index in [1.54, 1.807) is 13.8 Å².